The van der Waals surface area contributed by atoms with E-state index in [1.165, 1.54) is 12.1 Å². The lowest BCUT2D eigenvalue weighted by molar-refractivity contribution is 0.297. The van der Waals surface area contributed by atoms with Gasteiger partial charge >= 0.3 is 0 Å². The number of ether oxygens (including phenoxy) is 2. The molecule has 2 aromatic carbocycles. The van der Waals surface area contributed by atoms with E-state index in [2.05, 4.69) is 15.6 Å². The van der Waals surface area contributed by atoms with E-state index in [0.717, 1.165) is 35.7 Å². The van der Waals surface area contributed by atoms with Crippen LogP contribution in [0.15, 0.2) is 47.5 Å². The van der Waals surface area contributed by atoms with Crippen LogP contribution in [0.3, 0.4) is 0 Å². The summed E-state index contributed by atoms with van der Waals surface area (Å²) >= 11 is 0. The van der Waals surface area contributed by atoms with Gasteiger partial charge in [-0.2, -0.15) is 0 Å². The molecule has 140 valence electrons. The summed E-state index contributed by atoms with van der Waals surface area (Å²) in [4.78, 5) is 4.51. The van der Waals surface area contributed by atoms with Gasteiger partial charge in [0.1, 0.15) is 5.82 Å². The van der Waals surface area contributed by atoms with Gasteiger partial charge in [-0.25, -0.2) is 9.38 Å². The number of nitrogens with zero attached hydrogens (tertiary/aromatic N) is 1. The second kappa shape index (κ2) is 10.2. The zero-order chi connectivity index (χ0) is 17.5. The van der Waals surface area contributed by atoms with Crippen LogP contribution >= 0.6 is 24.0 Å². The van der Waals surface area contributed by atoms with Crippen molar-refractivity contribution in [3.05, 3.63) is 53.8 Å². The fourth-order valence-electron chi connectivity index (χ4n) is 2.49. The highest BCUT2D eigenvalue weighted by molar-refractivity contribution is 14.0. The Morgan fingerprint density at radius 3 is 2.69 bits per heavy atom. The normalized spacial score (nSPS) is 13.4. The van der Waals surface area contributed by atoms with Crippen molar-refractivity contribution in [2.24, 2.45) is 4.99 Å². The smallest absolute Gasteiger partial charge is 0.196 e. The highest BCUT2D eigenvalue weighted by Crippen LogP contribution is 2.32. The molecule has 0 saturated heterocycles. The first kappa shape index (κ1) is 20.3. The van der Waals surface area contributed by atoms with E-state index in [1.54, 1.807) is 6.07 Å². The number of rotatable bonds is 4. The molecule has 1 heterocycles. The molecular weight excluding hydrogens is 448 g/mol. The summed E-state index contributed by atoms with van der Waals surface area (Å²) in [6, 6.07) is 12.2. The molecular formula is C19H23FIN3O2. The number of benzene rings is 2. The van der Waals surface area contributed by atoms with Crippen LogP contribution < -0.4 is 20.1 Å². The molecule has 0 radical (unpaired) electrons. The summed E-state index contributed by atoms with van der Waals surface area (Å²) in [6.07, 6.45) is 0.870. The number of fused-ring (bicyclic) bond motifs is 1. The van der Waals surface area contributed by atoms with Gasteiger partial charge in [0.05, 0.1) is 19.8 Å². The molecule has 2 N–H and O–H groups in total. The Kier molecular flexibility index (Phi) is 7.96. The molecule has 0 spiro atoms. The van der Waals surface area contributed by atoms with Crippen LogP contribution in [0.4, 0.5) is 10.1 Å². The highest BCUT2D eigenvalue weighted by atomic mass is 127. The third-order valence-electron chi connectivity index (χ3n) is 3.66. The van der Waals surface area contributed by atoms with Crippen molar-refractivity contribution in [2.75, 3.05) is 25.1 Å². The molecule has 3 rings (SSSR count). The lowest BCUT2D eigenvalue weighted by Crippen LogP contribution is -2.30. The quantitative estimate of drug-likeness (QED) is 0.399. The molecule has 0 aromatic heterocycles. The molecule has 0 unspecified atom stereocenters. The number of aliphatic imine (C=N–C) groups is 1. The summed E-state index contributed by atoms with van der Waals surface area (Å²) in [7, 11) is 0. The first-order chi connectivity index (χ1) is 12.2. The van der Waals surface area contributed by atoms with Crippen LogP contribution in [-0.4, -0.2) is 25.7 Å². The summed E-state index contributed by atoms with van der Waals surface area (Å²) in [5.41, 5.74) is 1.67. The van der Waals surface area contributed by atoms with Gasteiger partial charge in [0.15, 0.2) is 17.5 Å². The van der Waals surface area contributed by atoms with Gasteiger partial charge in [0.25, 0.3) is 0 Å². The van der Waals surface area contributed by atoms with Crippen molar-refractivity contribution < 1.29 is 13.9 Å². The van der Waals surface area contributed by atoms with Gasteiger partial charge in [0, 0.05) is 24.7 Å². The molecule has 0 atom stereocenters. The lowest BCUT2D eigenvalue weighted by Gasteiger charge is -2.13. The SMILES string of the molecule is CCNC(=NCc1cccc(F)c1)Nc1ccc2c(c1)OCCCO2.I. The number of nitrogens with one attached hydrogen (secondary N) is 2. The molecule has 26 heavy (non-hydrogen) atoms. The standard InChI is InChI=1S/C19H22FN3O2.HI/c1-2-21-19(22-13-14-5-3-6-15(20)11-14)23-16-7-8-17-18(12-16)25-10-4-9-24-17;/h3,5-8,11-12H,2,4,9-10,13H2,1H3,(H2,21,22,23);1H. The zero-order valence-electron chi connectivity index (χ0n) is 14.6. The van der Waals surface area contributed by atoms with Gasteiger partial charge in [-0.15, -0.1) is 24.0 Å². The van der Waals surface area contributed by atoms with Crippen LogP contribution in [0.1, 0.15) is 18.9 Å². The maximum atomic E-state index is 13.3. The molecule has 0 fully saturated rings. The molecule has 0 amide bonds. The van der Waals surface area contributed by atoms with Gasteiger partial charge in [-0.1, -0.05) is 12.1 Å². The highest BCUT2D eigenvalue weighted by Gasteiger charge is 2.11. The molecule has 1 aliphatic heterocycles. The van der Waals surface area contributed by atoms with Gasteiger partial charge in [-0.05, 0) is 36.8 Å². The van der Waals surface area contributed by atoms with Gasteiger partial charge in [-0.3, -0.25) is 0 Å². The predicted molar refractivity (Wildman–Crippen MR) is 112 cm³/mol. The summed E-state index contributed by atoms with van der Waals surface area (Å²) < 4.78 is 24.6. The average molecular weight is 471 g/mol. The number of anilines is 1. The molecule has 1 aliphatic rings. The minimum absolute atomic E-state index is 0. The monoisotopic (exact) mass is 471 g/mol. The van der Waals surface area contributed by atoms with Gasteiger partial charge in [0.2, 0.25) is 0 Å². The summed E-state index contributed by atoms with van der Waals surface area (Å²) in [6.45, 7) is 4.41. The zero-order valence-corrected chi connectivity index (χ0v) is 17.0. The fraction of sp³-hybridized carbons (Fsp3) is 0.316. The maximum Gasteiger partial charge on any atom is 0.196 e. The first-order valence-electron chi connectivity index (χ1n) is 8.44. The number of hydrogen-bond acceptors (Lipinski definition) is 3. The van der Waals surface area contributed by atoms with E-state index in [9.17, 15) is 4.39 Å². The van der Waals surface area contributed by atoms with Crippen molar-refractivity contribution in [1.29, 1.82) is 0 Å². The Labute approximate surface area is 170 Å². The second-order valence-corrected chi connectivity index (χ2v) is 5.66. The molecule has 5 nitrogen and oxygen atoms in total. The molecule has 0 aliphatic carbocycles. The van der Waals surface area contributed by atoms with Crippen molar-refractivity contribution >= 4 is 35.6 Å². The lowest BCUT2D eigenvalue weighted by atomic mass is 10.2. The molecule has 0 bridgehead atoms. The van der Waals surface area contributed by atoms with Crippen LogP contribution in [0.25, 0.3) is 0 Å². The van der Waals surface area contributed by atoms with E-state index < -0.39 is 0 Å². The molecule has 7 heteroatoms. The topological polar surface area (TPSA) is 54.9 Å². The predicted octanol–water partition coefficient (Wildman–Crippen LogP) is 4.18. The van der Waals surface area contributed by atoms with Crippen molar-refractivity contribution in [2.45, 2.75) is 19.9 Å². The maximum absolute atomic E-state index is 13.3. The number of halogens is 2. The van der Waals surface area contributed by atoms with Gasteiger partial charge < -0.3 is 20.1 Å². The third-order valence-corrected chi connectivity index (χ3v) is 3.66. The van der Waals surface area contributed by atoms with Crippen LogP contribution in [0.5, 0.6) is 11.5 Å². The Bertz CT molecular complexity index is 755. The summed E-state index contributed by atoms with van der Waals surface area (Å²) in [5.74, 6) is 1.85. The fourth-order valence-corrected chi connectivity index (χ4v) is 2.49. The van der Waals surface area contributed by atoms with Crippen LogP contribution in [-0.2, 0) is 6.54 Å². The minimum Gasteiger partial charge on any atom is -0.490 e. The van der Waals surface area contributed by atoms with E-state index in [0.29, 0.717) is 25.7 Å². The van der Waals surface area contributed by atoms with Crippen molar-refractivity contribution in [3.8, 4) is 11.5 Å². The Hall–Kier alpha value is -2.03. The van der Waals surface area contributed by atoms with E-state index >= 15 is 0 Å². The number of guanidine groups is 1. The largest absolute Gasteiger partial charge is 0.490 e. The first-order valence-corrected chi connectivity index (χ1v) is 8.44. The van der Waals surface area contributed by atoms with E-state index in [-0.39, 0.29) is 29.8 Å². The van der Waals surface area contributed by atoms with Crippen LogP contribution in [0, 0.1) is 5.82 Å². The Morgan fingerprint density at radius 1 is 1.12 bits per heavy atom. The van der Waals surface area contributed by atoms with Crippen molar-refractivity contribution in [1.82, 2.24) is 5.32 Å². The molecule has 0 saturated carbocycles. The molecule has 2 aromatic rings. The second-order valence-electron chi connectivity index (χ2n) is 5.66. The summed E-state index contributed by atoms with van der Waals surface area (Å²) in [5, 5.41) is 6.43. The third kappa shape index (κ3) is 5.76. The Morgan fingerprint density at radius 2 is 1.92 bits per heavy atom. The average Bonchev–Trinajstić information content (AvgIpc) is 2.85. The van der Waals surface area contributed by atoms with E-state index in [4.69, 9.17) is 9.47 Å². The minimum atomic E-state index is -0.256. The van der Waals surface area contributed by atoms with Crippen molar-refractivity contribution in [3.63, 3.8) is 0 Å². The Balaban J connectivity index is 0.00000243. The van der Waals surface area contributed by atoms with Crippen LogP contribution in [0.2, 0.25) is 0 Å². The number of hydrogen-bond donors (Lipinski definition) is 2. The van der Waals surface area contributed by atoms with E-state index in [1.807, 2.05) is 31.2 Å².